The van der Waals surface area contributed by atoms with E-state index in [1.54, 1.807) is 6.07 Å². The summed E-state index contributed by atoms with van der Waals surface area (Å²) < 4.78 is 5.09. The number of hydrogen-bond donors (Lipinski definition) is 2. The zero-order valence-corrected chi connectivity index (χ0v) is 11.2. The fraction of sp³-hybridized carbons (Fsp3) is 0.500. The van der Waals surface area contributed by atoms with Crippen molar-refractivity contribution < 1.29 is 19.7 Å². The number of carbonyl (C=O) groups is 1. The first-order chi connectivity index (χ1) is 9.01. The number of rotatable bonds is 5. The van der Waals surface area contributed by atoms with Crippen molar-refractivity contribution in [2.24, 2.45) is 5.92 Å². The van der Waals surface area contributed by atoms with E-state index in [-0.39, 0.29) is 24.1 Å². The Morgan fingerprint density at radius 3 is 2.79 bits per heavy atom. The predicted molar refractivity (Wildman–Crippen MR) is 70.4 cm³/mol. The Bertz CT molecular complexity index is 469. The van der Waals surface area contributed by atoms with Crippen LogP contribution >= 0.6 is 0 Å². The quantitative estimate of drug-likeness (QED) is 0.850. The van der Waals surface area contributed by atoms with Crippen LogP contribution in [0.1, 0.15) is 24.9 Å². The second kappa shape index (κ2) is 5.48. The van der Waals surface area contributed by atoms with E-state index in [4.69, 9.17) is 9.84 Å². The van der Waals surface area contributed by atoms with Crippen LogP contribution in [0.2, 0.25) is 0 Å². The fourth-order valence-electron chi connectivity index (χ4n) is 2.47. The van der Waals surface area contributed by atoms with Crippen LogP contribution < -0.4 is 4.74 Å². The van der Waals surface area contributed by atoms with Crippen LogP contribution in [0, 0.1) is 5.92 Å². The average Bonchev–Trinajstić information content (AvgIpc) is 2.33. The van der Waals surface area contributed by atoms with Gasteiger partial charge in [-0.3, -0.25) is 9.69 Å². The molecular formula is C14H19NO4. The molecule has 1 heterocycles. The first-order valence-corrected chi connectivity index (χ1v) is 6.34. The van der Waals surface area contributed by atoms with Crippen LogP contribution in [-0.2, 0) is 4.79 Å². The maximum absolute atomic E-state index is 10.6. The second-order valence-electron chi connectivity index (χ2n) is 5.03. The summed E-state index contributed by atoms with van der Waals surface area (Å²) in [7, 11) is 1.52. The molecule has 0 aliphatic carbocycles. The van der Waals surface area contributed by atoms with Gasteiger partial charge in [0.25, 0.3) is 0 Å². The Morgan fingerprint density at radius 2 is 2.21 bits per heavy atom. The number of benzene rings is 1. The molecule has 0 amide bonds. The number of carboxylic acids is 1. The minimum atomic E-state index is -0.733. The van der Waals surface area contributed by atoms with Crippen LogP contribution in [0.4, 0.5) is 0 Å². The first kappa shape index (κ1) is 13.7. The molecule has 19 heavy (non-hydrogen) atoms. The maximum Gasteiger partial charge on any atom is 0.303 e. The third-order valence-electron chi connectivity index (χ3n) is 3.68. The Labute approximate surface area is 112 Å². The van der Waals surface area contributed by atoms with E-state index in [0.29, 0.717) is 5.75 Å². The highest BCUT2D eigenvalue weighted by Gasteiger charge is 2.32. The van der Waals surface area contributed by atoms with Gasteiger partial charge in [0.15, 0.2) is 11.5 Å². The summed E-state index contributed by atoms with van der Waals surface area (Å²) in [4.78, 5) is 12.8. The van der Waals surface area contributed by atoms with E-state index >= 15 is 0 Å². The number of nitrogens with zero attached hydrogens (tertiary/aromatic N) is 1. The van der Waals surface area contributed by atoms with Crippen molar-refractivity contribution in [1.82, 2.24) is 4.90 Å². The fourth-order valence-corrected chi connectivity index (χ4v) is 2.47. The standard InChI is InChI=1S/C14H19NO4/c1-9(15-7-10(8-15)5-14(17)18)11-3-4-12(16)13(6-11)19-2/h3-4,6,9-10,16H,5,7-8H2,1-2H3,(H,17,18). The summed E-state index contributed by atoms with van der Waals surface area (Å²) in [5, 5.41) is 18.3. The molecular weight excluding hydrogens is 246 g/mol. The van der Waals surface area contributed by atoms with Gasteiger partial charge < -0.3 is 14.9 Å². The van der Waals surface area contributed by atoms with Crippen molar-refractivity contribution in [3.05, 3.63) is 23.8 Å². The number of ether oxygens (including phenoxy) is 1. The van der Waals surface area contributed by atoms with Crippen molar-refractivity contribution >= 4 is 5.97 Å². The number of phenolic OH excluding ortho intramolecular Hbond substituents is 1. The molecule has 1 fully saturated rings. The van der Waals surface area contributed by atoms with Crippen molar-refractivity contribution in [3.8, 4) is 11.5 Å². The van der Waals surface area contributed by atoms with E-state index in [1.165, 1.54) is 7.11 Å². The Balaban J connectivity index is 1.98. The van der Waals surface area contributed by atoms with Crippen LogP contribution in [0.25, 0.3) is 0 Å². The molecule has 0 bridgehead atoms. The second-order valence-corrected chi connectivity index (χ2v) is 5.03. The molecule has 104 valence electrons. The molecule has 2 rings (SSSR count). The normalized spacial score (nSPS) is 17.8. The zero-order chi connectivity index (χ0) is 14.0. The van der Waals surface area contributed by atoms with E-state index in [9.17, 15) is 9.90 Å². The number of likely N-dealkylation sites (tertiary alicyclic amines) is 1. The van der Waals surface area contributed by atoms with Gasteiger partial charge in [0.05, 0.1) is 13.5 Å². The topological polar surface area (TPSA) is 70.0 Å². The molecule has 1 atom stereocenters. The van der Waals surface area contributed by atoms with Gasteiger partial charge in [0.1, 0.15) is 0 Å². The molecule has 0 spiro atoms. The summed E-state index contributed by atoms with van der Waals surface area (Å²) in [6, 6.07) is 5.51. The Kier molecular flexibility index (Phi) is 3.95. The lowest BCUT2D eigenvalue weighted by Crippen LogP contribution is -2.48. The van der Waals surface area contributed by atoms with Gasteiger partial charge in [-0.05, 0) is 30.5 Å². The van der Waals surface area contributed by atoms with E-state index in [1.807, 2.05) is 12.1 Å². The smallest absolute Gasteiger partial charge is 0.303 e. The first-order valence-electron chi connectivity index (χ1n) is 6.34. The predicted octanol–water partition coefficient (Wildman–Crippen LogP) is 1.87. The molecule has 1 aliphatic heterocycles. The van der Waals surface area contributed by atoms with Gasteiger partial charge >= 0.3 is 5.97 Å². The summed E-state index contributed by atoms with van der Waals surface area (Å²) in [5.74, 6) is 0.111. The van der Waals surface area contributed by atoms with Gasteiger partial charge in [0.2, 0.25) is 0 Å². The van der Waals surface area contributed by atoms with Gasteiger partial charge in [-0.2, -0.15) is 0 Å². The van der Waals surface area contributed by atoms with Crippen molar-refractivity contribution in [2.45, 2.75) is 19.4 Å². The lowest BCUT2D eigenvalue weighted by Gasteiger charge is -2.43. The number of carboxylic acid groups (broad SMARTS) is 1. The SMILES string of the molecule is COc1cc(C(C)N2CC(CC(=O)O)C2)ccc1O. The number of aromatic hydroxyl groups is 1. The molecule has 0 saturated carbocycles. The third kappa shape index (κ3) is 2.98. The minimum Gasteiger partial charge on any atom is -0.504 e. The van der Waals surface area contributed by atoms with Gasteiger partial charge in [-0.15, -0.1) is 0 Å². The van der Waals surface area contributed by atoms with Crippen LogP contribution in [0.5, 0.6) is 11.5 Å². The number of methoxy groups -OCH3 is 1. The molecule has 0 aromatic heterocycles. The summed E-state index contributed by atoms with van der Waals surface area (Å²) >= 11 is 0. The molecule has 1 aromatic rings. The number of phenols is 1. The summed E-state index contributed by atoms with van der Waals surface area (Å²) in [6.07, 6.45) is 0.238. The highest BCUT2D eigenvalue weighted by molar-refractivity contribution is 5.67. The molecule has 2 N–H and O–H groups in total. The highest BCUT2D eigenvalue weighted by Crippen LogP contribution is 2.34. The average molecular weight is 265 g/mol. The van der Waals surface area contributed by atoms with Crippen molar-refractivity contribution in [2.75, 3.05) is 20.2 Å². The van der Waals surface area contributed by atoms with Crippen LogP contribution in [0.3, 0.4) is 0 Å². The molecule has 5 heteroatoms. The van der Waals surface area contributed by atoms with Crippen LogP contribution in [-0.4, -0.2) is 41.3 Å². The zero-order valence-electron chi connectivity index (χ0n) is 11.2. The van der Waals surface area contributed by atoms with Crippen molar-refractivity contribution in [3.63, 3.8) is 0 Å². The minimum absolute atomic E-state index is 0.130. The van der Waals surface area contributed by atoms with E-state index in [0.717, 1.165) is 18.7 Å². The van der Waals surface area contributed by atoms with Crippen molar-refractivity contribution in [1.29, 1.82) is 0 Å². The van der Waals surface area contributed by atoms with Crippen LogP contribution in [0.15, 0.2) is 18.2 Å². The highest BCUT2D eigenvalue weighted by atomic mass is 16.5. The largest absolute Gasteiger partial charge is 0.504 e. The molecule has 1 aliphatic rings. The molecule has 0 radical (unpaired) electrons. The molecule has 1 aromatic carbocycles. The molecule has 5 nitrogen and oxygen atoms in total. The van der Waals surface area contributed by atoms with E-state index in [2.05, 4.69) is 11.8 Å². The molecule has 1 saturated heterocycles. The maximum atomic E-state index is 10.6. The number of aliphatic carboxylic acids is 1. The lowest BCUT2D eigenvalue weighted by atomic mass is 9.92. The van der Waals surface area contributed by atoms with Gasteiger partial charge in [-0.1, -0.05) is 6.07 Å². The third-order valence-corrected chi connectivity index (χ3v) is 3.68. The summed E-state index contributed by atoms with van der Waals surface area (Å²) in [6.45, 7) is 3.68. The Hall–Kier alpha value is -1.75. The van der Waals surface area contributed by atoms with Gasteiger partial charge in [-0.25, -0.2) is 0 Å². The molecule has 1 unspecified atom stereocenters. The number of hydrogen-bond acceptors (Lipinski definition) is 4. The Morgan fingerprint density at radius 1 is 1.53 bits per heavy atom. The van der Waals surface area contributed by atoms with Gasteiger partial charge in [0, 0.05) is 19.1 Å². The summed E-state index contributed by atoms with van der Waals surface area (Å²) in [5.41, 5.74) is 1.06. The monoisotopic (exact) mass is 265 g/mol. The lowest BCUT2D eigenvalue weighted by molar-refractivity contribution is -0.139. The van der Waals surface area contributed by atoms with E-state index < -0.39 is 5.97 Å².